The van der Waals surface area contributed by atoms with Gasteiger partial charge in [0.2, 0.25) is 5.75 Å². The van der Waals surface area contributed by atoms with Gasteiger partial charge in [-0.25, -0.2) is 13.8 Å². The Morgan fingerprint density at radius 2 is 1.43 bits per heavy atom. The number of para-hydroxylation sites is 1. The van der Waals surface area contributed by atoms with Crippen LogP contribution in [0.3, 0.4) is 0 Å². The number of anilines is 1. The number of hydrogen-bond donors (Lipinski definition) is 1. The molecule has 4 rings (SSSR count). The van der Waals surface area contributed by atoms with Crippen LogP contribution in [-0.2, 0) is 16.6 Å². The minimum Gasteiger partial charge on any atom is -0.497 e. The highest BCUT2D eigenvalue weighted by Gasteiger charge is 2.28. The molecule has 42 heavy (non-hydrogen) atoms. The van der Waals surface area contributed by atoms with Gasteiger partial charge in [-0.05, 0) is 54.1 Å². The number of sulfonamides is 1. The zero-order chi connectivity index (χ0) is 30.1. The van der Waals surface area contributed by atoms with Crippen LogP contribution in [0.2, 0.25) is 0 Å². The second-order valence-electron chi connectivity index (χ2n) is 8.85. The predicted molar refractivity (Wildman–Crippen MR) is 160 cm³/mol. The van der Waals surface area contributed by atoms with Crippen LogP contribution in [0.4, 0.5) is 5.69 Å². The zero-order valence-electron chi connectivity index (χ0n) is 23.6. The first-order valence-electron chi connectivity index (χ1n) is 12.8. The molecule has 4 aromatic carbocycles. The maximum Gasteiger partial charge on any atom is 0.273 e. The monoisotopic (exact) mass is 589 g/mol. The highest BCUT2D eigenvalue weighted by molar-refractivity contribution is 7.92. The summed E-state index contributed by atoms with van der Waals surface area (Å²) >= 11 is 0. The van der Waals surface area contributed by atoms with E-state index in [0.717, 1.165) is 5.56 Å². The van der Waals surface area contributed by atoms with Gasteiger partial charge in [-0.2, -0.15) is 5.10 Å². The molecule has 218 valence electrons. The van der Waals surface area contributed by atoms with Crippen molar-refractivity contribution in [2.75, 3.05) is 32.7 Å². The Bertz CT molecular complexity index is 1630. The fourth-order valence-electron chi connectivity index (χ4n) is 4.21. The van der Waals surface area contributed by atoms with Gasteiger partial charge >= 0.3 is 0 Å². The summed E-state index contributed by atoms with van der Waals surface area (Å²) in [6, 6.07) is 25.0. The summed E-state index contributed by atoms with van der Waals surface area (Å²) in [5.74, 6) is 1.20. The van der Waals surface area contributed by atoms with Crippen LogP contribution in [0.25, 0.3) is 0 Å². The molecule has 0 saturated carbocycles. The van der Waals surface area contributed by atoms with Crippen molar-refractivity contribution in [3.63, 3.8) is 0 Å². The van der Waals surface area contributed by atoms with Gasteiger partial charge in [0.15, 0.2) is 11.5 Å². The standard InChI is InChI=1S/C31H31N3O7S/c1-38-24-14-16-25(17-15-24)42(36,37)34(21-22-10-6-5-7-11-22)27-13-9-8-12-26(27)31(35)33-32-20-23-18-28(39-2)30(41-4)29(19-23)40-3/h5-20H,21H2,1-4H3,(H,33,35)/b32-20-. The van der Waals surface area contributed by atoms with E-state index in [4.69, 9.17) is 18.9 Å². The fourth-order valence-corrected chi connectivity index (χ4v) is 5.68. The van der Waals surface area contributed by atoms with E-state index in [9.17, 15) is 13.2 Å². The summed E-state index contributed by atoms with van der Waals surface area (Å²) in [7, 11) is 1.90. The molecular formula is C31H31N3O7S. The van der Waals surface area contributed by atoms with Crippen LogP contribution in [0.1, 0.15) is 21.5 Å². The normalized spacial score (nSPS) is 11.1. The summed E-state index contributed by atoms with van der Waals surface area (Å²) in [6.07, 6.45) is 1.42. The Balaban J connectivity index is 1.68. The third kappa shape index (κ3) is 6.64. The molecule has 4 aromatic rings. The molecule has 10 nitrogen and oxygen atoms in total. The zero-order valence-corrected chi connectivity index (χ0v) is 24.4. The molecule has 11 heteroatoms. The largest absolute Gasteiger partial charge is 0.497 e. The van der Waals surface area contributed by atoms with Gasteiger partial charge in [0.25, 0.3) is 15.9 Å². The number of amides is 1. The molecule has 1 amide bonds. The molecule has 0 spiro atoms. The fraction of sp³-hybridized carbons (Fsp3) is 0.161. The van der Waals surface area contributed by atoms with Crippen LogP contribution in [0, 0.1) is 0 Å². The second kappa shape index (κ2) is 13.6. The molecule has 0 radical (unpaired) electrons. The lowest BCUT2D eigenvalue weighted by Gasteiger charge is -2.26. The molecule has 0 bridgehead atoms. The third-order valence-electron chi connectivity index (χ3n) is 6.30. The number of hydrazone groups is 1. The molecule has 0 saturated heterocycles. The first kappa shape index (κ1) is 29.9. The molecular weight excluding hydrogens is 558 g/mol. The number of ether oxygens (including phenoxy) is 4. The van der Waals surface area contributed by atoms with Crippen molar-refractivity contribution in [3.8, 4) is 23.0 Å². The van der Waals surface area contributed by atoms with E-state index in [2.05, 4.69) is 10.5 Å². The summed E-state index contributed by atoms with van der Waals surface area (Å²) in [4.78, 5) is 13.4. The van der Waals surface area contributed by atoms with Crippen molar-refractivity contribution in [1.29, 1.82) is 0 Å². The quantitative estimate of drug-likeness (QED) is 0.185. The van der Waals surface area contributed by atoms with Crippen LogP contribution in [-0.4, -0.2) is 49.0 Å². The lowest BCUT2D eigenvalue weighted by molar-refractivity contribution is 0.0955. The predicted octanol–water partition coefficient (Wildman–Crippen LogP) is 4.88. The molecule has 0 aromatic heterocycles. The maximum atomic E-state index is 14.0. The summed E-state index contributed by atoms with van der Waals surface area (Å²) in [5, 5.41) is 4.09. The summed E-state index contributed by atoms with van der Waals surface area (Å²) in [6.45, 7) is -0.00575. The van der Waals surface area contributed by atoms with Gasteiger partial charge in [0.05, 0.1) is 57.3 Å². The maximum absolute atomic E-state index is 14.0. The Labute approximate surface area is 245 Å². The highest BCUT2D eigenvalue weighted by Crippen LogP contribution is 2.37. The minimum absolute atomic E-state index is 0.00575. The first-order valence-corrected chi connectivity index (χ1v) is 14.2. The smallest absolute Gasteiger partial charge is 0.273 e. The summed E-state index contributed by atoms with van der Waals surface area (Å²) in [5.41, 5.74) is 4.12. The SMILES string of the molecule is COc1ccc(S(=O)(=O)N(Cc2ccccc2)c2ccccc2C(=O)N/N=C\c2cc(OC)c(OC)c(OC)c2)cc1. The van der Waals surface area contributed by atoms with E-state index < -0.39 is 15.9 Å². The van der Waals surface area contributed by atoms with Crippen molar-refractivity contribution in [1.82, 2.24) is 5.43 Å². The van der Waals surface area contributed by atoms with E-state index in [1.165, 1.54) is 51.1 Å². The Hall–Kier alpha value is -5.03. The molecule has 1 N–H and O–H groups in total. The van der Waals surface area contributed by atoms with E-state index in [0.29, 0.717) is 28.6 Å². The van der Waals surface area contributed by atoms with Crippen molar-refractivity contribution in [2.24, 2.45) is 5.10 Å². The average molecular weight is 590 g/mol. The van der Waals surface area contributed by atoms with Gasteiger partial charge in [0.1, 0.15) is 5.75 Å². The number of nitrogens with one attached hydrogen (secondary N) is 1. The molecule has 0 unspecified atom stereocenters. The third-order valence-corrected chi connectivity index (χ3v) is 8.07. The van der Waals surface area contributed by atoms with Crippen molar-refractivity contribution in [3.05, 3.63) is 108 Å². The Morgan fingerprint density at radius 3 is 2.02 bits per heavy atom. The van der Waals surface area contributed by atoms with Gasteiger partial charge in [-0.1, -0.05) is 42.5 Å². The van der Waals surface area contributed by atoms with Gasteiger partial charge in [0, 0.05) is 5.56 Å². The number of methoxy groups -OCH3 is 4. The number of benzene rings is 4. The highest BCUT2D eigenvalue weighted by atomic mass is 32.2. The van der Waals surface area contributed by atoms with Crippen LogP contribution in [0.5, 0.6) is 23.0 Å². The van der Waals surface area contributed by atoms with Gasteiger partial charge in [-0.15, -0.1) is 0 Å². The Kier molecular flexibility index (Phi) is 9.66. The number of carbonyl (C=O) groups is 1. The van der Waals surface area contributed by atoms with E-state index in [1.807, 2.05) is 30.3 Å². The molecule has 0 aliphatic carbocycles. The number of carbonyl (C=O) groups excluding carboxylic acids is 1. The lowest BCUT2D eigenvalue weighted by atomic mass is 10.1. The Morgan fingerprint density at radius 1 is 0.810 bits per heavy atom. The lowest BCUT2D eigenvalue weighted by Crippen LogP contribution is -2.33. The molecule has 0 atom stereocenters. The second-order valence-corrected chi connectivity index (χ2v) is 10.7. The van der Waals surface area contributed by atoms with Crippen LogP contribution < -0.4 is 28.7 Å². The molecule has 0 heterocycles. The van der Waals surface area contributed by atoms with Crippen molar-refractivity contribution in [2.45, 2.75) is 11.4 Å². The topological polar surface area (TPSA) is 116 Å². The van der Waals surface area contributed by atoms with Crippen LogP contribution in [0.15, 0.2) is 101 Å². The van der Waals surface area contributed by atoms with E-state index in [-0.39, 0.29) is 22.7 Å². The van der Waals surface area contributed by atoms with Crippen molar-refractivity contribution >= 4 is 27.8 Å². The molecule has 0 aliphatic heterocycles. The number of hydrogen-bond acceptors (Lipinski definition) is 8. The number of rotatable bonds is 12. The van der Waals surface area contributed by atoms with E-state index in [1.54, 1.807) is 48.5 Å². The van der Waals surface area contributed by atoms with E-state index >= 15 is 0 Å². The van der Waals surface area contributed by atoms with Gasteiger partial charge in [-0.3, -0.25) is 9.10 Å². The number of nitrogens with zero attached hydrogens (tertiary/aromatic N) is 2. The minimum atomic E-state index is -4.10. The van der Waals surface area contributed by atoms with Gasteiger partial charge < -0.3 is 18.9 Å². The molecule has 0 aliphatic rings. The summed E-state index contributed by atoms with van der Waals surface area (Å²) < 4.78 is 50.4. The first-order chi connectivity index (χ1) is 20.3. The van der Waals surface area contributed by atoms with Crippen molar-refractivity contribution < 1.29 is 32.2 Å². The average Bonchev–Trinajstić information content (AvgIpc) is 3.03. The van der Waals surface area contributed by atoms with Crippen LogP contribution >= 0.6 is 0 Å². The molecule has 0 fully saturated rings.